The van der Waals surface area contributed by atoms with Gasteiger partial charge in [0.25, 0.3) is 0 Å². The van der Waals surface area contributed by atoms with E-state index in [0.29, 0.717) is 13.2 Å². The molecule has 0 radical (unpaired) electrons. The number of ether oxygens (including phenoxy) is 1. The van der Waals surface area contributed by atoms with Gasteiger partial charge in [0.2, 0.25) is 0 Å². The average Bonchev–Trinajstić information content (AvgIpc) is 3.25. The molecular weight excluding hydrogens is 410 g/mol. The minimum absolute atomic E-state index is 0.158. The minimum atomic E-state index is -0.738. The third kappa shape index (κ3) is 5.09. The maximum absolute atomic E-state index is 13.8. The number of carbonyl (C=O) groups is 1. The first-order valence-electron chi connectivity index (χ1n) is 10.3. The summed E-state index contributed by atoms with van der Waals surface area (Å²) in [6.45, 7) is 2.87. The molecule has 0 atom stereocenters. The Bertz CT molecular complexity index is 1210. The summed E-state index contributed by atoms with van der Waals surface area (Å²) in [6.07, 6.45) is 1.29. The Hall–Kier alpha value is -3.80. The monoisotopic (exact) mass is 432 g/mol. The number of carbonyl (C=O) groups excluding carboxylic acids is 1. The molecule has 162 valence electrons. The van der Waals surface area contributed by atoms with E-state index >= 15 is 0 Å². The number of aryl methyl sites for hydroxylation is 1. The number of aromatic nitrogens is 2. The van der Waals surface area contributed by atoms with E-state index in [4.69, 9.17) is 4.74 Å². The summed E-state index contributed by atoms with van der Waals surface area (Å²) < 4.78 is 35.3. The van der Waals surface area contributed by atoms with Crippen LogP contribution in [0.15, 0.2) is 79.0 Å². The lowest BCUT2D eigenvalue weighted by Gasteiger charge is -2.12. The van der Waals surface area contributed by atoms with Gasteiger partial charge in [-0.3, -0.25) is 9.48 Å². The van der Waals surface area contributed by atoms with Crippen molar-refractivity contribution in [1.82, 2.24) is 9.78 Å². The van der Waals surface area contributed by atoms with Crippen molar-refractivity contribution in [2.24, 2.45) is 0 Å². The number of halogens is 2. The summed E-state index contributed by atoms with van der Waals surface area (Å²) in [7, 11) is 0. The van der Waals surface area contributed by atoms with E-state index in [0.717, 1.165) is 29.0 Å². The minimum Gasteiger partial charge on any atom is -0.489 e. The smallest absolute Gasteiger partial charge is 0.187 e. The molecule has 3 aromatic carbocycles. The molecule has 0 aliphatic rings. The first-order chi connectivity index (χ1) is 15.5. The zero-order valence-corrected chi connectivity index (χ0v) is 17.6. The van der Waals surface area contributed by atoms with Gasteiger partial charge in [-0.25, -0.2) is 8.78 Å². The van der Waals surface area contributed by atoms with Crippen LogP contribution in [0.1, 0.15) is 32.7 Å². The molecule has 0 spiro atoms. The van der Waals surface area contributed by atoms with E-state index < -0.39 is 17.4 Å². The predicted molar refractivity (Wildman–Crippen MR) is 118 cm³/mol. The number of hydrogen-bond donors (Lipinski definition) is 0. The fourth-order valence-corrected chi connectivity index (χ4v) is 3.35. The normalized spacial score (nSPS) is 10.8. The molecule has 32 heavy (non-hydrogen) atoms. The number of Topliss-reactive ketones (excluding diaryl/α,β-unsaturated/α-hetero) is 1. The van der Waals surface area contributed by atoms with E-state index in [1.54, 1.807) is 16.9 Å². The van der Waals surface area contributed by atoms with Gasteiger partial charge in [-0.15, -0.1) is 0 Å². The number of para-hydroxylation sites is 1. The largest absolute Gasteiger partial charge is 0.489 e. The van der Waals surface area contributed by atoms with Crippen LogP contribution in [-0.4, -0.2) is 15.6 Å². The first-order valence-corrected chi connectivity index (χ1v) is 10.3. The third-order valence-electron chi connectivity index (χ3n) is 5.15. The summed E-state index contributed by atoms with van der Waals surface area (Å²) in [4.78, 5) is 12.5. The fourth-order valence-electron chi connectivity index (χ4n) is 3.35. The van der Waals surface area contributed by atoms with Gasteiger partial charge >= 0.3 is 0 Å². The van der Waals surface area contributed by atoms with Gasteiger partial charge < -0.3 is 4.74 Å². The molecule has 4 aromatic rings. The molecule has 4 nitrogen and oxygen atoms in total. The van der Waals surface area contributed by atoms with Crippen LogP contribution in [0, 0.1) is 18.6 Å². The number of nitrogens with zero attached hydrogens (tertiary/aromatic N) is 2. The molecule has 0 unspecified atom stereocenters. The van der Waals surface area contributed by atoms with Crippen LogP contribution >= 0.6 is 0 Å². The standard InChI is InChI=1S/C26H22F2N2O2/c1-18-9-11-19(12-10-18)17-32-26-8-3-2-5-20(26)16-30-14-13-24(29-30)25(31)15-21-22(27)6-4-7-23(21)28/h2-14H,15-17H2,1H3. The second-order valence-electron chi connectivity index (χ2n) is 7.58. The van der Waals surface area contributed by atoms with Crippen LogP contribution in [0.5, 0.6) is 5.75 Å². The number of ketones is 1. The highest BCUT2D eigenvalue weighted by atomic mass is 19.1. The Kier molecular flexibility index (Phi) is 6.40. The second-order valence-corrected chi connectivity index (χ2v) is 7.58. The molecule has 1 aromatic heterocycles. The molecule has 0 amide bonds. The second kappa shape index (κ2) is 9.56. The molecular formula is C26H22F2N2O2. The van der Waals surface area contributed by atoms with Crippen molar-refractivity contribution in [2.45, 2.75) is 26.5 Å². The quantitative estimate of drug-likeness (QED) is 0.344. The van der Waals surface area contributed by atoms with Crippen LogP contribution in [0.3, 0.4) is 0 Å². The molecule has 4 rings (SSSR count). The van der Waals surface area contributed by atoms with Gasteiger partial charge in [0, 0.05) is 23.7 Å². The maximum atomic E-state index is 13.8. The van der Waals surface area contributed by atoms with Crippen LogP contribution in [-0.2, 0) is 19.6 Å². The van der Waals surface area contributed by atoms with Crippen molar-refractivity contribution in [3.05, 3.63) is 119 Å². The molecule has 0 aliphatic carbocycles. The molecule has 0 saturated carbocycles. The predicted octanol–water partition coefficient (Wildman–Crippen LogP) is 5.52. The van der Waals surface area contributed by atoms with Crippen LogP contribution in [0.25, 0.3) is 0 Å². The fraction of sp³-hybridized carbons (Fsp3) is 0.154. The highest BCUT2D eigenvalue weighted by molar-refractivity contribution is 5.95. The Balaban J connectivity index is 1.44. The number of hydrogen-bond acceptors (Lipinski definition) is 3. The summed E-state index contributed by atoms with van der Waals surface area (Å²) >= 11 is 0. The Morgan fingerprint density at radius 3 is 2.41 bits per heavy atom. The van der Waals surface area contributed by atoms with E-state index in [-0.39, 0.29) is 17.7 Å². The molecule has 0 fully saturated rings. The molecule has 0 N–H and O–H groups in total. The third-order valence-corrected chi connectivity index (χ3v) is 5.15. The van der Waals surface area contributed by atoms with Crippen LogP contribution < -0.4 is 4.74 Å². The van der Waals surface area contributed by atoms with Crippen LogP contribution in [0.2, 0.25) is 0 Å². The van der Waals surface area contributed by atoms with Crippen molar-refractivity contribution < 1.29 is 18.3 Å². The lowest BCUT2D eigenvalue weighted by Crippen LogP contribution is -2.10. The van der Waals surface area contributed by atoms with E-state index in [1.165, 1.54) is 11.6 Å². The average molecular weight is 432 g/mol. The summed E-state index contributed by atoms with van der Waals surface area (Å²) in [5.74, 6) is -1.20. The van der Waals surface area contributed by atoms with Gasteiger partial charge in [-0.2, -0.15) is 5.10 Å². The first kappa shape index (κ1) is 21.4. The van der Waals surface area contributed by atoms with Crippen molar-refractivity contribution >= 4 is 5.78 Å². The van der Waals surface area contributed by atoms with Crippen molar-refractivity contribution in [2.75, 3.05) is 0 Å². The molecule has 0 bridgehead atoms. The zero-order valence-electron chi connectivity index (χ0n) is 17.6. The summed E-state index contributed by atoms with van der Waals surface area (Å²) in [5, 5.41) is 4.30. The molecule has 6 heteroatoms. The Morgan fingerprint density at radius 1 is 0.938 bits per heavy atom. The van der Waals surface area contributed by atoms with Gasteiger partial charge in [-0.05, 0) is 36.8 Å². The van der Waals surface area contributed by atoms with Crippen molar-refractivity contribution in [1.29, 1.82) is 0 Å². The SMILES string of the molecule is Cc1ccc(COc2ccccc2Cn2ccc(C(=O)Cc3c(F)cccc3F)n2)cc1. The maximum Gasteiger partial charge on any atom is 0.187 e. The van der Waals surface area contributed by atoms with Crippen molar-refractivity contribution in [3.8, 4) is 5.75 Å². The van der Waals surface area contributed by atoms with E-state index in [2.05, 4.69) is 5.10 Å². The topological polar surface area (TPSA) is 44.1 Å². The lowest BCUT2D eigenvalue weighted by atomic mass is 10.1. The molecule has 0 aliphatic heterocycles. The van der Waals surface area contributed by atoms with E-state index in [1.807, 2.05) is 55.5 Å². The highest BCUT2D eigenvalue weighted by Gasteiger charge is 2.17. The van der Waals surface area contributed by atoms with Gasteiger partial charge in [-0.1, -0.05) is 54.1 Å². The van der Waals surface area contributed by atoms with Gasteiger partial charge in [0.05, 0.1) is 6.54 Å². The van der Waals surface area contributed by atoms with Gasteiger partial charge in [0.15, 0.2) is 5.78 Å². The zero-order chi connectivity index (χ0) is 22.5. The lowest BCUT2D eigenvalue weighted by molar-refractivity contribution is 0.0985. The Labute approximate surface area is 185 Å². The Morgan fingerprint density at radius 2 is 1.66 bits per heavy atom. The summed E-state index contributed by atoms with van der Waals surface area (Å²) in [6, 6.07) is 20.9. The molecule has 0 saturated heterocycles. The van der Waals surface area contributed by atoms with Crippen molar-refractivity contribution in [3.63, 3.8) is 0 Å². The number of rotatable bonds is 8. The highest BCUT2D eigenvalue weighted by Crippen LogP contribution is 2.21. The number of benzene rings is 3. The van der Waals surface area contributed by atoms with Crippen LogP contribution in [0.4, 0.5) is 8.78 Å². The van der Waals surface area contributed by atoms with E-state index in [9.17, 15) is 13.6 Å². The molecule has 1 heterocycles. The van der Waals surface area contributed by atoms with Gasteiger partial charge in [0.1, 0.15) is 29.7 Å². The summed E-state index contributed by atoms with van der Waals surface area (Å²) in [5.41, 5.74) is 3.07.